The van der Waals surface area contributed by atoms with Gasteiger partial charge in [-0.05, 0) is 84.0 Å². The van der Waals surface area contributed by atoms with Gasteiger partial charge in [0.1, 0.15) is 13.2 Å². The van der Waals surface area contributed by atoms with E-state index in [1.165, 1.54) is 0 Å². The molecule has 0 bridgehead atoms. The van der Waals surface area contributed by atoms with Crippen LogP contribution in [0.3, 0.4) is 0 Å². The normalized spacial score (nSPS) is 16.7. The van der Waals surface area contributed by atoms with Gasteiger partial charge >= 0.3 is 18.3 Å². The van der Waals surface area contributed by atoms with Gasteiger partial charge in [-0.25, -0.2) is 14.4 Å². The molecule has 0 rings (SSSR count). The average Bonchev–Trinajstić information content (AvgIpc) is 2.86. The van der Waals surface area contributed by atoms with Crippen LogP contribution in [0.1, 0.15) is 121 Å². The lowest BCUT2D eigenvalue weighted by atomic mass is 10.0. The van der Waals surface area contributed by atoms with Crippen molar-refractivity contribution < 1.29 is 28.6 Å². The molecule has 0 aromatic rings. The Morgan fingerprint density at radius 2 is 0.949 bits per heavy atom. The Kier molecular flexibility index (Phi) is 18.7. The first-order valence-corrected chi connectivity index (χ1v) is 15.1. The molecule has 0 aromatic heterocycles. The average molecular weight is 558 g/mol. The number of ether oxygens (including phenoxy) is 3. The SMILES string of the molecule is CCC(C)CCC(C)NC(=O)OCC(C)(COC(=O)N[C@H](C)CCC(C)C)OC(=O)NC(C)CCC(C)CC. The predicted molar refractivity (Wildman–Crippen MR) is 157 cm³/mol. The number of rotatable bonds is 19. The molecule has 0 saturated carbocycles. The van der Waals surface area contributed by atoms with Gasteiger partial charge in [-0.15, -0.1) is 0 Å². The Bertz CT molecular complexity index is 704. The largest absolute Gasteiger partial charge is 0.445 e. The number of hydrogen-bond donors (Lipinski definition) is 3. The first-order chi connectivity index (χ1) is 18.2. The smallest absolute Gasteiger partial charge is 0.408 e. The zero-order valence-electron chi connectivity index (χ0n) is 26.5. The van der Waals surface area contributed by atoms with E-state index in [1.54, 1.807) is 6.92 Å². The van der Waals surface area contributed by atoms with Crippen LogP contribution in [0.2, 0.25) is 0 Å². The van der Waals surface area contributed by atoms with Crippen molar-refractivity contribution in [1.29, 1.82) is 0 Å². The van der Waals surface area contributed by atoms with E-state index in [-0.39, 0.29) is 31.3 Å². The monoisotopic (exact) mass is 557 g/mol. The highest BCUT2D eigenvalue weighted by Gasteiger charge is 2.34. The topological polar surface area (TPSA) is 115 Å². The van der Waals surface area contributed by atoms with Crippen molar-refractivity contribution in [2.45, 2.75) is 144 Å². The minimum atomic E-state index is -1.36. The Labute approximate surface area is 238 Å². The Morgan fingerprint density at radius 1 is 0.590 bits per heavy atom. The summed E-state index contributed by atoms with van der Waals surface area (Å²) in [6.07, 6.45) is 5.80. The molecular weight excluding hydrogens is 498 g/mol. The summed E-state index contributed by atoms with van der Waals surface area (Å²) in [5.74, 6) is 1.70. The summed E-state index contributed by atoms with van der Waals surface area (Å²) in [6.45, 7) is 19.8. The van der Waals surface area contributed by atoms with Crippen molar-refractivity contribution in [3.8, 4) is 0 Å². The van der Waals surface area contributed by atoms with Gasteiger partial charge in [0.15, 0.2) is 5.60 Å². The Morgan fingerprint density at radius 3 is 1.31 bits per heavy atom. The van der Waals surface area contributed by atoms with Gasteiger partial charge in [0, 0.05) is 18.1 Å². The number of hydrogen-bond acceptors (Lipinski definition) is 6. The van der Waals surface area contributed by atoms with Crippen LogP contribution < -0.4 is 16.0 Å². The second-order valence-corrected chi connectivity index (χ2v) is 12.3. The molecule has 6 atom stereocenters. The van der Waals surface area contributed by atoms with Gasteiger partial charge in [-0.3, -0.25) is 0 Å². The molecule has 0 aliphatic carbocycles. The number of nitrogens with one attached hydrogen (secondary N) is 3. The van der Waals surface area contributed by atoms with Crippen LogP contribution in [-0.4, -0.2) is 55.2 Å². The van der Waals surface area contributed by atoms with Crippen molar-refractivity contribution in [3.05, 3.63) is 0 Å². The van der Waals surface area contributed by atoms with E-state index in [2.05, 4.69) is 57.5 Å². The first-order valence-electron chi connectivity index (χ1n) is 15.1. The van der Waals surface area contributed by atoms with Crippen LogP contribution in [0.25, 0.3) is 0 Å². The molecule has 0 heterocycles. The molecule has 0 radical (unpaired) electrons. The molecule has 0 fully saturated rings. The fourth-order valence-electron chi connectivity index (χ4n) is 3.75. The third-order valence-electron chi connectivity index (χ3n) is 7.20. The fraction of sp³-hybridized carbons (Fsp3) is 0.900. The lowest BCUT2D eigenvalue weighted by Gasteiger charge is -2.30. The minimum absolute atomic E-state index is 0.0531. The predicted octanol–water partition coefficient (Wildman–Crippen LogP) is 7.18. The number of amides is 3. The van der Waals surface area contributed by atoms with Crippen LogP contribution in [0.15, 0.2) is 0 Å². The molecule has 5 unspecified atom stereocenters. The summed E-state index contributed by atoms with van der Waals surface area (Å²) < 4.78 is 16.5. The molecule has 9 nitrogen and oxygen atoms in total. The van der Waals surface area contributed by atoms with Gasteiger partial charge < -0.3 is 30.2 Å². The highest BCUT2D eigenvalue weighted by atomic mass is 16.6. The molecule has 0 saturated heterocycles. The molecule has 3 N–H and O–H groups in total. The standard InChI is InChI=1S/C30H59N3O6/c1-11-22(5)14-17-25(8)32-28(35)38-20-30(10,19-37-27(34)31-24(7)16-13-21(3)4)39-29(36)33-26(9)18-15-23(6)12-2/h21-26H,11-20H2,1-10H3,(H,31,34)(H,32,35)(H,33,36)/t22?,23?,24-,25?,26?,30?/m1/s1. The summed E-state index contributed by atoms with van der Waals surface area (Å²) >= 11 is 0. The van der Waals surface area contributed by atoms with Crippen molar-refractivity contribution >= 4 is 18.3 Å². The highest BCUT2D eigenvalue weighted by Crippen LogP contribution is 2.16. The molecular formula is C30H59N3O6. The molecule has 9 heteroatoms. The summed E-state index contributed by atoms with van der Waals surface area (Å²) in [5, 5.41) is 8.48. The van der Waals surface area contributed by atoms with Crippen molar-refractivity contribution in [2.24, 2.45) is 17.8 Å². The third kappa shape index (κ3) is 19.5. The molecule has 0 spiro atoms. The fourth-order valence-corrected chi connectivity index (χ4v) is 3.75. The van der Waals surface area contributed by atoms with E-state index in [9.17, 15) is 14.4 Å². The van der Waals surface area contributed by atoms with Crippen LogP contribution in [0.4, 0.5) is 14.4 Å². The highest BCUT2D eigenvalue weighted by molar-refractivity contribution is 5.69. The Balaban J connectivity index is 5.07. The number of carbonyl (C=O) groups excluding carboxylic acids is 3. The van der Waals surface area contributed by atoms with Gasteiger partial charge in [0.2, 0.25) is 0 Å². The van der Waals surface area contributed by atoms with E-state index in [1.807, 2.05) is 20.8 Å². The van der Waals surface area contributed by atoms with Crippen molar-refractivity contribution in [2.75, 3.05) is 13.2 Å². The van der Waals surface area contributed by atoms with Gasteiger partial charge in [-0.2, -0.15) is 0 Å². The van der Waals surface area contributed by atoms with E-state index >= 15 is 0 Å². The van der Waals surface area contributed by atoms with E-state index in [0.29, 0.717) is 17.8 Å². The zero-order valence-corrected chi connectivity index (χ0v) is 26.5. The second kappa shape index (κ2) is 19.8. The molecule has 0 aliphatic heterocycles. The lowest BCUT2D eigenvalue weighted by molar-refractivity contribution is -0.0595. The Hall–Kier alpha value is -2.19. The maximum Gasteiger partial charge on any atom is 0.408 e. The molecule has 0 aliphatic rings. The van der Waals surface area contributed by atoms with E-state index in [4.69, 9.17) is 14.2 Å². The van der Waals surface area contributed by atoms with Crippen LogP contribution >= 0.6 is 0 Å². The van der Waals surface area contributed by atoms with Crippen LogP contribution in [0, 0.1) is 17.8 Å². The lowest BCUT2D eigenvalue weighted by Crippen LogP contribution is -2.48. The van der Waals surface area contributed by atoms with E-state index in [0.717, 1.165) is 51.4 Å². The maximum atomic E-state index is 12.7. The minimum Gasteiger partial charge on any atom is -0.445 e. The second-order valence-electron chi connectivity index (χ2n) is 12.3. The number of carbonyl (C=O) groups is 3. The third-order valence-corrected chi connectivity index (χ3v) is 7.20. The van der Waals surface area contributed by atoms with Gasteiger partial charge in [0.25, 0.3) is 0 Å². The van der Waals surface area contributed by atoms with Gasteiger partial charge in [-0.1, -0.05) is 54.4 Å². The molecule has 3 amide bonds. The quantitative estimate of drug-likeness (QED) is 0.145. The zero-order chi connectivity index (χ0) is 30.0. The first kappa shape index (κ1) is 36.8. The van der Waals surface area contributed by atoms with E-state index < -0.39 is 23.9 Å². The number of alkyl carbamates (subject to hydrolysis) is 3. The molecule has 39 heavy (non-hydrogen) atoms. The summed E-state index contributed by atoms with van der Waals surface area (Å²) in [7, 11) is 0. The summed E-state index contributed by atoms with van der Waals surface area (Å²) in [4.78, 5) is 37.6. The van der Waals surface area contributed by atoms with Crippen LogP contribution in [0.5, 0.6) is 0 Å². The summed E-state index contributed by atoms with van der Waals surface area (Å²) in [6, 6.07) is -0.194. The van der Waals surface area contributed by atoms with Gasteiger partial charge in [0.05, 0.1) is 0 Å². The molecule has 230 valence electrons. The molecule has 0 aromatic carbocycles. The van der Waals surface area contributed by atoms with Crippen molar-refractivity contribution in [1.82, 2.24) is 16.0 Å². The van der Waals surface area contributed by atoms with Crippen LogP contribution in [-0.2, 0) is 14.2 Å². The maximum absolute atomic E-state index is 12.7. The summed E-state index contributed by atoms with van der Waals surface area (Å²) in [5.41, 5.74) is -1.36. The van der Waals surface area contributed by atoms with Crippen molar-refractivity contribution in [3.63, 3.8) is 0 Å².